The van der Waals surface area contributed by atoms with E-state index in [4.69, 9.17) is 0 Å². The van der Waals surface area contributed by atoms with Crippen molar-refractivity contribution in [1.82, 2.24) is 10.3 Å². The molecule has 0 amide bonds. The molecular formula is C18H25N3. The molecule has 112 valence electrons. The second-order valence-corrected chi connectivity index (χ2v) is 5.63. The van der Waals surface area contributed by atoms with Crippen molar-refractivity contribution in [3.05, 3.63) is 54.2 Å². The van der Waals surface area contributed by atoms with Crippen molar-refractivity contribution in [2.24, 2.45) is 5.92 Å². The van der Waals surface area contributed by atoms with Gasteiger partial charge in [-0.3, -0.25) is 0 Å². The number of nitrogens with zero attached hydrogens (tertiary/aromatic N) is 2. The number of anilines is 2. The predicted molar refractivity (Wildman–Crippen MR) is 89.9 cm³/mol. The third-order valence-corrected chi connectivity index (χ3v) is 3.35. The molecule has 1 N–H and O–H groups in total. The molecule has 1 aromatic carbocycles. The van der Waals surface area contributed by atoms with Gasteiger partial charge < -0.3 is 10.2 Å². The molecule has 2 rings (SSSR count). The average molecular weight is 283 g/mol. The maximum atomic E-state index is 4.53. The molecule has 0 fully saturated rings. The summed E-state index contributed by atoms with van der Waals surface area (Å²) in [5.41, 5.74) is 2.45. The molecule has 2 aromatic rings. The molecule has 0 aliphatic heterocycles. The zero-order chi connectivity index (χ0) is 15.1. The molecular weight excluding hydrogens is 258 g/mol. The van der Waals surface area contributed by atoms with Gasteiger partial charge in [-0.25, -0.2) is 4.98 Å². The summed E-state index contributed by atoms with van der Waals surface area (Å²) in [6.07, 6.45) is 1.90. The third-order valence-electron chi connectivity index (χ3n) is 3.35. The highest BCUT2D eigenvalue weighted by Gasteiger charge is 2.08. The van der Waals surface area contributed by atoms with E-state index in [1.807, 2.05) is 12.3 Å². The summed E-state index contributed by atoms with van der Waals surface area (Å²) in [7, 11) is 0. The van der Waals surface area contributed by atoms with Gasteiger partial charge in [0.15, 0.2) is 0 Å². The SMILES string of the molecule is CCN(c1ccccc1)c1cc(CNCC(C)C)ccn1. The molecule has 0 radical (unpaired) electrons. The molecule has 0 aliphatic carbocycles. The molecule has 1 aromatic heterocycles. The fourth-order valence-electron chi connectivity index (χ4n) is 2.31. The number of para-hydroxylation sites is 1. The van der Waals surface area contributed by atoms with Crippen LogP contribution in [0.15, 0.2) is 48.7 Å². The molecule has 21 heavy (non-hydrogen) atoms. The van der Waals surface area contributed by atoms with Gasteiger partial charge in [0.1, 0.15) is 5.82 Å². The average Bonchev–Trinajstić information content (AvgIpc) is 2.49. The van der Waals surface area contributed by atoms with E-state index >= 15 is 0 Å². The lowest BCUT2D eigenvalue weighted by molar-refractivity contribution is 0.552. The van der Waals surface area contributed by atoms with E-state index in [1.54, 1.807) is 0 Å². The van der Waals surface area contributed by atoms with Gasteiger partial charge in [-0.2, -0.15) is 0 Å². The topological polar surface area (TPSA) is 28.2 Å². The van der Waals surface area contributed by atoms with Crippen LogP contribution in [-0.4, -0.2) is 18.1 Å². The number of aromatic nitrogens is 1. The Morgan fingerprint density at radius 3 is 2.57 bits per heavy atom. The molecule has 0 spiro atoms. The highest BCUT2D eigenvalue weighted by atomic mass is 15.2. The first-order valence-electron chi connectivity index (χ1n) is 7.69. The Balaban J connectivity index is 2.11. The van der Waals surface area contributed by atoms with Crippen molar-refractivity contribution < 1.29 is 0 Å². The van der Waals surface area contributed by atoms with Crippen molar-refractivity contribution in [2.75, 3.05) is 18.0 Å². The van der Waals surface area contributed by atoms with Crippen LogP contribution in [0.1, 0.15) is 26.3 Å². The maximum absolute atomic E-state index is 4.53. The van der Waals surface area contributed by atoms with Crippen molar-refractivity contribution in [3.8, 4) is 0 Å². The van der Waals surface area contributed by atoms with Crippen LogP contribution in [-0.2, 0) is 6.54 Å². The second-order valence-electron chi connectivity index (χ2n) is 5.63. The molecule has 0 unspecified atom stereocenters. The summed E-state index contributed by atoms with van der Waals surface area (Å²) in [6.45, 7) is 9.42. The van der Waals surface area contributed by atoms with Gasteiger partial charge in [-0.1, -0.05) is 32.0 Å². The van der Waals surface area contributed by atoms with Crippen LogP contribution in [0.2, 0.25) is 0 Å². The summed E-state index contributed by atoms with van der Waals surface area (Å²) < 4.78 is 0. The van der Waals surface area contributed by atoms with Gasteiger partial charge >= 0.3 is 0 Å². The maximum Gasteiger partial charge on any atom is 0.133 e. The number of pyridine rings is 1. The molecule has 3 nitrogen and oxygen atoms in total. The number of hydrogen-bond donors (Lipinski definition) is 1. The smallest absolute Gasteiger partial charge is 0.133 e. The quantitative estimate of drug-likeness (QED) is 0.833. The summed E-state index contributed by atoms with van der Waals surface area (Å²) in [6, 6.07) is 14.7. The van der Waals surface area contributed by atoms with Crippen LogP contribution in [0, 0.1) is 5.92 Å². The first kappa shape index (κ1) is 15.5. The van der Waals surface area contributed by atoms with E-state index in [0.29, 0.717) is 5.92 Å². The van der Waals surface area contributed by atoms with Crippen molar-refractivity contribution in [1.29, 1.82) is 0 Å². The molecule has 0 saturated heterocycles. The Morgan fingerprint density at radius 2 is 1.90 bits per heavy atom. The van der Waals surface area contributed by atoms with Crippen LogP contribution in [0.25, 0.3) is 0 Å². The van der Waals surface area contributed by atoms with Gasteiger partial charge in [0.25, 0.3) is 0 Å². The predicted octanol–water partition coefficient (Wildman–Crippen LogP) is 3.99. The van der Waals surface area contributed by atoms with Gasteiger partial charge in [-0.05, 0) is 49.2 Å². The van der Waals surface area contributed by atoms with Crippen molar-refractivity contribution in [3.63, 3.8) is 0 Å². The largest absolute Gasteiger partial charge is 0.327 e. The monoisotopic (exact) mass is 283 g/mol. The molecule has 0 bridgehead atoms. The normalized spacial score (nSPS) is 10.9. The molecule has 3 heteroatoms. The lowest BCUT2D eigenvalue weighted by atomic mass is 10.2. The van der Waals surface area contributed by atoms with Crippen molar-refractivity contribution in [2.45, 2.75) is 27.3 Å². The van der Waals surface area contributed by atoms with Gasteiger partial charge in [0, 0.05) is 25.0 Å². The van der Waals surface area contributed by atoms with Crippen LogP contribution < -0.4 is 10.2 Å². The summed E-state index contributed by atoms with van der Waals surface area (Å²) >= 11 is 0. The highest BCUT2D eigenvalue weighted by Crippen LogP contribution is 2.23. The number of nitrogens with one attached hydrogen (secondary N) is 1. The Bertz CT molecular complexity index is 537. The zero-order valence-corrected chi connectivity index (χ0v) is 13.2. The summed E-state index contributed by atoms with van der Waals surface area (Å²) in [5, 5.41) is 3.48. The number of rotatable bonds is 7. The van der Waals surface area contributed by atoms with E-state index in [2.05, 4.69) is 72.4 Å². The molecule has 0 atom stereocenters. The summed E-state index contributed by atoms with van der Waals surface area (Å²) in [5.74, 6) is 1.68. The fourth-order valence-corrected chi connectivity index (χ4v) is 2.31. The number of hydrogen-bond acceptors (Lipinski definition) is 3. The Morgan fingerprint density at radius 1 is 1.14 bits per heavy atom. The van der Waals surface area contributed by atoms with Crippen LogP contribution in [0.5, 0.6) is 0 Å². The van der Waals surface area contributed by atoms with E-state index in [1.165, 1.54) is 11.3 Å². The molecule has 1 heterocycles. The fraction of sp³-hybridized carbons (Fsp3) is 0.389. The lowest BCUT2D eigenvalue weighted by Gasteiger charge is -2.22. The van der Waals surface area contributed by atoms with Crippen LogP contribution in [0.4, 0.5) is 11.5 Å². The third kappa shape index (κ3) is 4.57. The first-order valence-corrected chi connectivity index (χ1v) is 7.69. The lowest BCUT2D eigenvalue weighted by Crippen LogP contribution is -2.20. The Kier molecular flexibility index (Phi) is 5.76. The van der Waals surface area contributed by atoms with Gasteiger partial charge in [-0.15, -0.1) is 0 Å². The zero-order valence-electron chi connectivity index (χ0n) is 13.2. The summed E-state index contributed by atoms with van der Waals surface area (Å²) in [4.78, 5) is 6.76. The Labute approximate surface area is 128 Å². The first-order chi connectivity index (χ1) is 10.2. The van der Waals surface area contributed by atoms with Gasteiger partial charge in [0.2, 0.25) is 0 Å². The van der Waals surface area contributed by atoms with E-state index in [-0.39, 0.29) is 0 Å². The second kappa shape index (κ2) is 7.79. The van der Waals surface area contributed by atoms with E-state index in [0.717, 1.165) is 25.5 Å². The number of benzene rings is 1. The minimum atomic E-state index is 0.669. The standard InChI is InChI=1S/C18H25N3/c1-4-21(17-8-6-5-7-9-17)18-12-16(10-11-20-18)14-19-13-15(2)3/h5-12,15,19H,4,13-14H2,1-3H3. The van der Waals surface area contributed by atoms with E-state index < -0.39 is 0 Å². The van der Waals surface area contributed by atoms with Gasteiger partial charge in [0.05, 0.1) is 0 Å². The highest BCUT2D eigenvalue weighted by molar-refractivity contribution is 5.60. The molecule has 0 saturated carbocycles. The van der Waals surface area contributed by atoms with Crippen LogP contribution >= 0.6 is 0 Å². The van der Waals surface area contributed by atoms with E-state index in [9.17, 15) is 0 Å². The minimum absolute atomic E-state index is 0.669. The Hall–Kier alpha value is -1.87. The molecule has 0 aliphatic rings. The van der Waals surface area contributed by atoms with Crippen molar-refractivity contribution >= 4 is 11.5 Å². The van der Waals surface area contributed by atoms with Crippen LogP contribution in [0.3, 0.4) is 0 Å². The minimum Gasteiger partial charge on any atom is -0.327 e.